The summed E-state index contributed by atoms with van der Waals surface area (Å²) in [5, 5.41) is 22.5. The molecule has 8 atom stereocenters. The number of aliphatic hydroxyl groups is 2. The normalized spacial score (nSPS) is 58.9. The fourth-order valence-electron chi connectivity index (χ4n) is 9.79. The first-order chi connectivity index (χ1) is 13.4. The molecule has 0 aromatic carbocycles. The summed E-state index contributed by atoms with van der Waals surface area (Å²) in [5.41, 5.74) is -1.19. The molecule has 4 saturated carbocycles. The van der Waals surface area contributed by atoms with Crippen molar-refractivity contribution in [1.82, 2.24) is 0 Å². The van der Waals surface area contributed by atoms with Crippen molar-refractivity contribution in [1.29, 1.82) is 0 Å². The minimum Gasteiger partial charge on any atom is -0.392 e. The van der Waals surface area contributed by atoms with Gasteiger partial charge in [0, 0.05) is 11.3 Å². The van der Waals surface area contributed by atoms with Crippen molar-refractivity contribution in [2.45, 2.75) is 100 Å². The zero-order valence-electron chi connectivity index (χ0n) is 16.9. The third kappa shape index (κ3) is 1.41. The second-order valence-corrected chi connectivity index (χ2v) is 11.1. The molecule has 2 saturated heterocycles. The fraction of sp³-hybridized carbons (Fsp3) is 0.913. The van der Waals surface area contributed by atoms with Crippen LogP contribution >= 0.6 is 0 Å². The lowest BCUT2D eigenvalue weighted by Gasteiger charge is -2.83. The molecule has 1 unspecified atom stereocenters. The summed E-state index contributed by atoms with van der Waals surface area (Å²) < 4.78 is 19.9. The molecule has 154 valence electrons. The van der Waals surface area contributed by atoms with E-state index in [1.807, 2.05) is 13.8 Å². The largest absolute Gasteiger partial charge is 0.392 e. The first-order valence-electron chi connectivity index (χ1n) is 11.5. The zero-order chi connectivity index (χ0) is 19.2. The lowest BCUT2D eigenvalue weighted by Crippen LogP contribution is -2.95. The predicted molar refractivity (Wildman–Crippen MR) is 100 cm³/mol. The minimum atomic E-state index is -1.11. The van der Waals surface area contributed by atoms with Crippen LogP contribution in [0, 0.1) is 23.2 Å². The van der Waals surface area contributed by atoms with Gasteiger partial charge in [0.05, 0.1) is 18.3 Å². The Morgan fingerprint density at radius 2 is 1.82 bits per heavy atom. The molecular formula is C23H32O5. The smallest absolute Gasteiger partial charge is 0.164 e. The van der Waals surface area contributed by atoms with E-state index >= 15 is 0 Å². The third-order valence-corrected chi connectivity index (χ3v) is 10.0. The van der Waals surface area contributed by atoms with E-state index in [2.05, 4.69) is 6.08 Å². The summed E-state index contributed by atoms with van der Waals surface area (Å²) in [4.78, 5) is 0. The van der Waals surface area contributed by atoms with Gasteiger partial charge in [-0.15, -0.1) is 0 Å². The molecule has 2 aliphatic heterocycles. The molecule has 6 fully saturated rings. The molecule has 0 bridgehead atoms. The average Bonchev–Trinajstić information content (AvgIpc) is 3.05. The van der Waals surface area contributed by atoms with Crippen LogP contribution in [0.15, 0.2) is 11.6 Å². The molecule has 5 nitrogen and oxygen atoms in total. The molecule has 0 amide bonds. The van der Waals surface area contributed by atoms with Gasteiger partial charge in [0.25, 0.3) is 0 Å². The molecule has 7 rings (SSSR count). The van der Waals surface area contributed by atoms with Crippen molar-refractivity contribution in [2.24, 2.45) is 23.2 Å². The Morgan fingerprint density at radius 3 is 2.57 bits per heavy atom. The Labute approximate surface area is 166 Å². The Balaban J connectivity index is 1.44. The van der Waals surface area contributed by atoms with Gasteiger partial charge in [0.2, 0.25) is 0 Å². The summed E-state index contributed by atoms with van der Waals surface area (Å²) >= 11 is 0. The van der Waals surface area contributed by atoms with Gasteiger partial charge in [-0.05, 0) is 56.9 Å². The number of hydrogen-bond acceptors (Lipinski definition) is 5. The summed E-state index contributed by atoms with van der Waals surface area (Å²) in [7, 11) is 0. The SMILES string of the molecule is CC1(C)O[C@@H]2[C@]3(CCC[C@@H]4[C@@H]5[C@H]6[C@H](C=C(CO)[C@@]2(O)C643)OC52CCCCC2)O1. The van der Waals surface area contributed by atoms with Crippen LogP contribution in [0.4, 0.5) is 0 Å². The number of rotatable bonds is 1. The highest BCUT2D eigenvalue weighted by Gasteiger charge is 2.97. The van der Waals surface area contributed by atoms with Gasteiger partial charge in [-0.1, -0.05) is 31.8 Å². The van der Waals surface area contributed by atoms with E-state index in [0.717, 1.165) is 32.1 Å². The van der Waals surface area contributed by atoms with Crippen LogP contribution in [0.5, 0.6) is 0 Å². The fourth-order valence-corrected chi connectivity index (χ4v) is 9.79. The van der Waals surface area contributed by atoms with Crippen molar-refractivity contribution in [3.05, 3.63) is 11.6 Å². The molecule has 5 heteroatoms. The van der Waals surface area contributed by atoms with Crippen molar-refractivity contribution in [2.75, 3.05) is 6.61 Å². The van der Waals surface area contributed by atoms with Gasteiger partial charge < -0.3 is 24.4 Å². The van der Waals surface area contributed by atoms with Crippen molar-refractivity contribution < 1.29 is 24.4 Å². The molecular weight excluding hydrogens is 356 g/mol. The lowest BCUT2D eigenvalue weighted by atomic mass is 9.21. The Hall–Kier alpha value is -0.460. The van der Waals surface area contributed by atoms with Gasteiger partial charge in [-0.3, -0.25) is 0 Å². The van der Waals surface area contributed by atoms with Crippen molar-refractivity contribution in [3.63, 3.8) is 0 Å². The quantitative estimate of drug-likeness (QED) is 0.676. The molecule has 0 aromatic rings. The van der Waals surface area contributed by atoms with E-state index in [-0.39, 0.29) is 29.8 Å². The highest BCUT2D eigenvalue weighted by molar-refractivity contribution is 5.53. The predicted octanol–water partition coefficient (Wildman–Crippen LogP) is 2.69. The van der Waals surface area contributed by atoms with E-state index < -0.39 is 17.0 Å². The first kappa shape index (κ1) is 17.2. The topological polar surface area (TPSA) is 68.2 Å². The second kappa shape index (κ2) is 4.72. The zero-order valence-corrected chi connectivity index (χ0v) is 16.9. The van der Waals surface area contributed by atoms with E-state index in [9.17, 15) is 10.2 Å². The Morgan fingerprint density at radius 1 is 1.04 bits per heavy atom. The van der Waals surface area contributed by atoms with Gasteiger partial charge in [-0.2, -0.15) is 0 Å². The molecule has 5 aliphatic carbocycles. The van der Waals surface area contributed by atoms with Gasteiger partial charge >= 0.3 is 0 Å². The van der Waals surface area contributed by atoms with Crippen LogP contribution in [0.2, 0.25) is 0 Å². The molecule has 3 spiro atoms. The molecule has 2 heterocycles. The Bertz CT molecular complexity index is 784. The number of fused-ring (bicyclic) bond motifs is 3. The van der Waals surface area contributed by atoms with Gasteiger partial charge in [0.1, 0.15) is 17.3 Å². The maximum absolute atomic E-state index is 12.2. The van der Waals surface area contributed by atoms with Crippen LogP contribution < -0.4 is 0 Å². The maximum atomic E-state index is 12.2. The van der Waals surface area contributed by atoms with E-state index in [1.54, 1.807) is 0 Å². The monoisotopic (exact) mass is 388 g/mol. The minimum absolute atomic E-state index is 0.00464. The van der Waals surface area contributed by atoms with Crippen LogP contribution in [0.3, 0.4) is 0 Å². The maximum Gasteiger partial charge on any atom is 0.164 e. The first-order valence-corrected chi connectivity index (χ1v) is 11.5. The van der Waals surface area contributed by atoms with Crippen LogP contribution in [0.25, 0.3) is 0 Å². The van der Waals surface area contributed by atoms with Crippen LogP contribution in [-0.2, 0) is 14.2 Å². The molecule has 7 aliphatic rings. The van der Waals surface area contributed by atoms with Crippen LogP contribution in [-0.4, -0.2) is 51.6 Å². The molecule has 2 N–H and O–H groups in total. The molecule has 0 aromatic heterocycles. The summed E-state index contributed by atoms with van der Waals surface area (Å²) in [6.07, 6.45) is 11.0. The second-order valence-electron chi connectivity index (χ2n) is 11.1. The van der Waals surface area contributed by atoms with E-state index in [4.69, 9.17) is 14.2 Å². The highest BCUT2D eigenvalue weighted by atomic mass is 16.8. The van der Waals surface area contributed by atoms with Crippen molar-refractivity contribution >= 4 is 0 Å². The van der Waals surface area contributed by atoms with Gasteiger partial charge in [0.15, 0.2) is 5.79 Å². The summed E-state index contributed by atoms with van der Waals surface area (Å²) in [6.45, 7) is 3.81. The highest BCUT2D eigenvalue weighted by Crippen LogP contribution is 2.88. The Kier molecular flexibility index (Phi) is 2.91. The van der Waals surface area contributed by atoms with Crippen LogP contribution in [0.1, 0.15) is 65.2 Å². The number of hydrogen-bond donors (Lipinski definition) is 2. The number of ether oxygens (including phenoxy) is 3. The van der Waals surface area contributed by atoms with Crippen molar-refractivity contribution in [3.8, 4) is 0 Å². The standard InChI is InChI=1S/C23H32O5/c1-19(2)27-18-21(28-19)10-6-7-14-16-17-15(26-20(16)8-4-3-5-9-20)11-13(12-24)23(18,25)22(14,17)21/h11,14-18,24-25H,3-10,12H2,1-2H3/t14-,15+,16-,17-,18-,21+,22?,23+/m1/s1. The molecule has 28 heavy (non-hydrogen) atoms. The summed E-state index contributed by atoms with van der Waals surface area (Å²) in [5.74, 6) is 0.525. The summed E-state index contributed by atoms with van der Waals surface area (Å²) in [6, 6.07) is 0. The van der Waals surface area contributed by atoms with E-state index in [1.165, 1.54) is 19.3 Å². The lowest BCUT2D eigenvalue weighted by molar-refractivity contribution is -0.421. The molecule has 0 radical (unpaired) electrons. The number of aliphatic hydroxyl groups excluding tert-OH is 1. The average molecular weight is 389 g/mol. The van der Waals surface area contributed by atoms with Gasteiger partial charge in [-0.25, -0.2) is 0 Å². The van der Waals surface area contributed by atoms with E-state index in [0.29, 0.717) is 23.3 Å². The third-order valence-electron chi connectivity index (χ3n) is 10.0.